The summed E-state index contributed by atoms with van der Waals surface area (Å²) in [5.74, 6) is 5.92. The van der Waals surface area contributed by atoms with E-state index < -0.39 is 5.82 Å². The van der Waals surface area contributed by atoms with Crippen molar-refractivity contribution < 1.29 is 9.13 Å². The molecule has 0 amide bonds. The predicted molar refractivity (Wildman–Crippen MR) is 76.6 cm³/mol. The highest BCUT2D eigenvalue weighted by molar-refractivity contribution is 5.26. The maximum Gasteiger partial charge on any atom is 0.250 e. The Kier molecular flexibility index (Phi) is 5.73. The van der Waals surface area contributed by atoms with Gasteiger partial charge in [0.05, 0.1) is 6.61 Å². The summed E-state index contributed by atoms with van der Waals surface area (Å²) in [6, 6.07) is 1.51. The Morgan fingerprint density at radius 1 is 1.45 bits per heavy atom. The molecule has 1 aliphatic rings. The summed E-state index contributed by atoms with van der Waals surface area (Å²) in [5, 5.41) is 0. The van der Waals surface area contributed by atoms with E-state index in [1.807, 2.05) is 6.92 Å². The van der Waals surface area contributed by atoms with E-state index in [1.165, 1.54) is 32.1 Å². The fraction of sp³-hybridized carbons (Fsp3) is 0.667. The van der Waals surface area contributed by atoms with E-state index in [0.29, 0.717) is 18.1 Å². The van der Waals surface area contributed by atoms with E-state index in [2.05, 4.69) is 10.4 Å². The highest BCUT2D eigenvalue weighted by atomic mass is 19.1. The van der Waals surface area contributed by atoms with Crippen LogP contribution in [0.4, 0.5) is 4.39 Å². The van der Waals surface area contributed by atoms with Crippen molar-refractivity contribution in [2.75, 3.05) is 6.61 Å². The van der Waals surface area contributed by atoms with Crippen LogP contribution in [0.15, 0.2) is 12.3 Å². The Hall–Kier alpha value is -1.20. The lowest BCUT2D eigenvalue weighted by Crippen LogP contribution is -2.31. The van der Waals surface area contributed by atoms with Gasteiger partial charge >= 0.3 is 0 Å². The van der Waals surface area contributed by atoms with Crippen LogP contribution in [-0.2, 0) is 0 Å². The van der Waals surface area contributed by atoms with Crippen molar-refractivity contribution in [1.82, 2.24) is 10.4 Å². The molecule has 1 aromatic rings. The van der Waals surface area contributed by atoms with Crippen LogP contribution in [0.2, 0.25) is 0 Å². The van der Waals surface area contributed by atoms with E-state index >= 15 is 0 Å². The third-order valence-corrected chi connectivity index (χ3v) is 4.04. The largest absolute Gasteiger partial charge is 0.476 e. The summed E-state index contributed by atoms with van der Waals surface area (Å²) in [6.45, 7) is 2.21. The van der Waals surface area contributed by atoms with Crippen LogP contribution in [0.25, 0.3) is 0 Å². The van der Waals surface area contributed by atoms with Gasteiger partial charge in [-0.2, -0.15) is 0 Å². The Balaban J connectivity index is 2.11. The first-order valence-corrected chi connectivity index (χ1v) is 7.49. The van der Waals surface area contributed by atoms with Gasteiger partial charge in [0.2, 0.25) is 0 Å². The molecule has 1 fully saturated rings. The summed E-state index contributed by atoms with van der Waals surface area (Å²) >= 11 is 0. The van der Waals surface area contributed by atoms with Gasteiger partial charge in [-0.1, -0.05) is 32.1 Å². The topological polar surface area (TPSA) is 60.2 Å². The molecule has 1 saturated carbocycles. The fourth-order valence-electron chi connectivity index (χ4n) is 2.99. The monoisotopic (exact) mass is 281 g/mol. The number of aromatic nitrogens is 1. The van der Waals surface area contributed by atoms with Crippen LogP contribution in [-0.4, -0.2) is 11.6 Å². The molecule has 1 aromatic heterocycles. The van der Waals surface area contributed by atoms with Gasteiger partial charge in [0, 0.05) is 17.8 Å². The molecule has 1 unspecified atom stereocenters. The van der Waals surface area contributed by atoms with Gasteiger partial charge < -0.3 is 4.74 Å². The van der Waals surface area contributed by atoms with Crippen molar-refractivity contribution in [1.29, 1.82) is 0 Å². The summed E-state index contributed by atoms with van der Waals surface area (Å²) in [6.07, 6.45) is 8.72. The fourth-order valence-corrected chi connectivity index (χ4v) is 2.99. The third-order valence-electron chi connectivity index (χ3n) is 4.04. The van der Waals surface area contributed by atoms with Gasteiger partial charge in [-0.15, -0.1) is 0 Å². The van der Waals surface area contributed by atoms with Crippen molar-refractivity contribution >= 4 is 0 Å². The second-order valence-corrected chi connectivity index (χ2v) is 5.41. The lowest BCUT2D eigenvalue weighted by Gasteiger charge is -2.26. The summed E-state index contributed by atoms with van der Waals surface area (Å²) in [5.41, 5.74) is 3.30. The smallest absolute Gasteiger partial charge is 0.250 e. The number of nitrogens with one attached hydrogen (secondary N) is 1. The lowest BCUT2D eigenvalue weighted by molar-refractivity contribution is 0.287. The molecule has 0 radical (unpaired) electrons. The average molecular weight is 281 g/mol. The van der Waals surface area contributed by atoms with Crippen LogP contribution < -0.4 is 16.0 Å². The second-order valence-electron chi connectivity index (χ2n) is 5.41. The van der Waals surface area contributed by atoms with Crippen molar-refractivity contribution in [3.05, 3.63) is 23.6 Å². The molecule has 0 spiro atoms. The van der Waals surface area contributed by atoms with Crippen molar-refractivity contribution in [2.45, 2.75) is 51.5 Å². The first-order valence-electron chi connectivity index (χ1n) is 7.49. The number of ether oxygens (including phenoxy) is 1. The molecular formula is C15H24FN3O. The minimum Gasteiger partial charge on any atom is -0.476 e. The SMILES string of the molecule is CCOc1nccc(C(CC2CCCCC2)NN)c1F. The molecular weight excluding hydrogens is 257 g/mol. The molecule has 1 aliphatic carbocycles. The molecule has 0 aliphatic heterocycles. The predicted octanol–water partition coefficient (Wildman–Crippen LogP) is 3.09. The highest BCUT2D eigenvalue weighted by Crippen LogP contribution is 2.33. The number of rotatable bonds is 6. The zero-order valence-corrected chi connectivity index (χ0v) is 12.1. The molecule has 20 heavy (non-hydrogen) atoms. The van der Waals surface area contributed by atoms with Crippen LogP contribution in [0, 0.1) is 11.7 Å². The number of nitrogens with two attached hydrogens (primary N) is 1. The van der Waals surface area contributed by atoms with Gasteiger partial charge in [0.15, 0.2) is 5.82 Å². The van der Waals surface area contributed by atoms with Gasteiger partial charge in [-0.25, -0.2) is 9.37 Å². The van der Waals surface area contributed by atoms with E-state index in [-0.39, 0.29) is 11.9 Å². The van der Waals surface area contributed by atoms with Gasteiger partial charge in [-0.3, -0.25) is 11.3 Å². The lowest BCUT2D eigenvalue weighted by atomic mass is 9.83. The Morgan fingerprint density at radius 3 is 2.85 bits per heavy atom. The molecule has 2 rings (SSSR count). The Bertz CT molecular complexity index is 422. The number of hydrogen-bond acceptors (Lipinski definition) is 4. The number of hydrazine groups is 1. The van der Waals surface area contributed by atoms with E-state index in [9.17, 15) is 4.39 Å². The molecule has 0 bridgehead atoms. The van der Waals surface area contributed by atoms with Gasteiger partial charge in [0.1, 0.15) is 0 Å². The molecule has 0 saturated heterocycles. The molecule has 1 heterocycles. The Labute approximate surface area is 119 Å². The van der Waals surface area contributed by atoms with Crippen LogP contribution in [0.1, 0.15) is 57.1 Å². The van der Waals surface area contributed by atoms with Gasteiger partial charge in [-0.05, 0) is 25.3 Å². The molecule has 0 aromatic carbocycles. The Morgan fingerprint density at radius 2 is 2.20 bits per heavy atom. The minimum absolute atomic E-state index is 0.0638. The van der Waals surface area contributed by atoms with Gasteiger partial charge in [0.25, 0.3) is 5.88 Å². The second kappa shape index (κ2) is 7.55. The molecule has 5 heteroatoms. The number of nitrogens with zero attached hydrogens (tertiary/aromatic N) is 1. The summed E-state index contributed by atoms with van der Waals surface area (Å²) in [7, 11) is 0. The van der Waals surface area contributed by atoms with Crippen LogP contribution in [0.3, 0.4) is 0 Å². The zero-order valence-electron chi connectivity index (χ0n) is 12.1. The normalized spacial score (nSPS) is 17.9. The van der Waals surface area contributed by atoms with E-state index in [1.54, 1.807) is 12.3 Å². The third kappa shape index (κ3) is 3.67. The summed E-state index contributed by atoms with van der Waals surface area (Å²) < 4.78 is 19.6. The van der Waals surface area contributed by atoms with Crippen molar-refractivity contribution in [2.24, 2.45) is 11.8 Å². The summed E-state index contributed by atoms with van der Waals surface area (Å²) in [4.78, 5) is 3.93. The van der Waals surface area contributed by atoms with E-state index in [0.717, 1.165) is 6.42 Å². The zero-order chi connectivity index (χ0) is 14.4. The molecule has 112 valence electrons. The number of hydrogen-bond donors (Lipinski definition) is 2. The molecule has 4 nitrogen and oxygen atoms in total. The minimum atomic E-state index is -0.395. The highest BCUT2D eigenvalue weighted by Gasteiger charge is 2.23. The van der Waals surface area contributed by atoms with Crippen molar-refractivity contribution in [3.8, 4) is 5.88 Å². The first-order chi connectivity index (χ1) is 9.76. The number of halogens is 1. The standard InChI is InChI=1S/C15H24FN3O/c1-2-20-15-14(16)12(8-9-18-15)13(19-17)10-11-6-4-3-5-7-11/h8-9,11,13,19H,2-7,10,17H2,1H3. The average Bonchev–Trinajstić information content (AvgIpc) is 2.49. The van der Waals surface area contributed by atoms with Crippen LogP contribution in [0.5, 0.6) is 5.88 Å². The van der Waals surface area contributed by atoms with E-state index in [4.69, 9.17) is 10.6 Å². The quantitative estimate of drug-likeness (QED) is 0.621. The molecule has 3 N–H and O–H groups in total. The maximum absolute atomic E-state index is 14.4. The first kappa shape index (κ1) is 15.2. The number of pyridine rings is 1. The maximum atomic E-state index is 14.4. The molecule has 1 atom stereocenters. The van der Waals surface area contributed by atoms with Crippen LogP contribution >= 0.6 is 0 Å². The van der Waals surface area contributed by atoms with Crippen molar-refractivity contribution in [3.63, 3.8) is 0 Å².